The van der Waals surface area contributed by atoms with Gasteiger partial charge in [0.05, 0.1) is 5.41 Å². The van der Waals surface area contributed by atoms with Gasteiger partial charge in [0.1, 0.15) is 0 Å². The van der Waals surface area contributed by atoms with E-state index in [1.165, 1.54) is 98.9 Å². The molecular formula is C61H45N3. The summed E-state index contributed by atoms with van der Waals surface area (Å²) in [5, 5.41) is 0. The summed E-state index contributed by atoms with van der Waals surface area (Å²) in [7, 11) is 0. The molecule has 0 N–H and O–H groups in total. The van der Waals surface area contributed by atoms with Gasteiger partial charge in [0, 0.05) is 16.7 Å². The highest BCUT2D eigenvalue weighted by atomic mass is 15.0. The molecule has 9 aromatic rings. The second kappa shape index (κ2) is 13.9. The topological polar surface area (TPSA) is 38.7 Å². The van der Waals surface area contributed by atoms with Crippen molar-refractivity contribution in [3.05, 3.63) is 221 Å². The van der Waals surface area contributed by atoms with Crippen LogP contribution >= 0.6 is 0 Å². The van der Waals surface area contributed by atoms with E-state index in [-0.39, 0.29) is 0 Å². The minimum atomic E-state index is -0.536. The van der Waals surface area contributed by atoms with Gasteiger partial charge < -0.3 is 0 Å². The van der Waals surface area contributed by atoms with E-state index in [1.54, 1.807) is 11.1 Å². The lowest BCUT2D eigenvalue weighted by atomic mass is 9.62. The van der Waals surface area contributed by atoms with Crippen molar-refractivity contribution in [2.45, 2.75) is 49.4 Å². The van der Waals surface area contributed by atoms with Gasteiger partial charge in [0.15, 0.2) is 17.5 Å². The number of benzene rings is 8. The summed E-state index contributed by atoms with van der Waals surface area (Å²) < 4.78 is 0. The molecule has 0 amide bonds. The third-order valence-corrected chi connectivity index (χ3v) is 15.7. The molecule has 1 aromatic heterocycles. The Kier molecular flexibility index (Phi) is 7.87. The van der Waals surface area contributed by atoms with Gasteiger partial charge in [-0.3, -0.25) is 0 Å². The summed E-state index contributed by atoms with van der Waals surface area (Å²) in [5.41, 5.74) is 21.7. The highest BCUT2D eigenvalue weighted by Crippen LogP contribution is 2.65. The van der Waals surface area contributed by atoms with E-state index >= 15 is 0 Å². The Bertz CT molecular complexity index is 3230. The van der Waals surface area contributed by atoms with Crippen LogP contribution in [0.2, 0.25) is 0 Å². The summed E-state index contributed by atoms with van der Waals surface area (Å²) >= 11 is 0. The monoisotopic (exact) mass is 819 g/mol. The lowest BCUT2D eigenvalue weighted by Crippen LogP contribution is -2.29. The zero-order valence-electron chi connectivity index (χ0n) is 35.6. The van der Waals surface area contributed by atoms with Crippen molar-refractivity contribution in [1.82, 2.24) is 15.0 Å². The van der Waals surface area contributed by atoms with Gasteiger partial charge in [0.25, 0.3) is 0 Å². The fourth-order valence-electron chi connectivity index (χ4n) is 13.4. The van der Waals surface area contributed by atoms with Crippen LogP contribution in [0.25, 0.3) is 78.7 Å². The molecule has 8 aromatic carbocycles. The van der Waals surface area contributed by atoms with Gasteiger partial charge in [-0.05, 0) is 140 Å². The number of hydrogen-bond acceptors (Lipinski definition) is 3. The lowest BCUT2D eigenvalue weighted by Gasteiger charge is -2.42. The number of aromatic nitrogens is 3. The Balaban J connectivity index is 1.04. The highest BCUT2D eigenvalue weighted by molar-refractivity contribution is 6.01. The molecule has 6 aliphatic carbocycles. The molecule has 3 heteroatoms. The van der Waals surface area contributed by atoms with Gasteiger partial charge in [-0.1, -0.05) is 182 Å². The van der Waals surface area contributed by atoms with Crippen LogP contribution in [0.5, 0.6) is 0 Å². The number of fused-ring (bicyclic) bond motifs is 10. The van der Waals surface area contributed by atoms with Gasteiger partial charge in [-0.2, -0.15) is 0 Å². The van der Waals surface area contributed by atoms with Crippen molar-refractivity contribution in [3.63, 3.8) is 0 Å². The van der Waals surface area contributed by atoms with Crippen LogP contribution in [0.1, 0.15) is 77.3 Å². The Morgan fingerprint density at radius 3 is 1.47 bits per heavy atom. The molecule has 2 fully saturated rings. The molecule has 304 valence electrons. The fraction of sp³-hybridized carbons (Fsp3) is 0.164. The predicted octanol–water partition coefficient (Wildman–Crippen LogP) is 14.9. The fourth-order valence-corrected chi connectivity index (χ4v) is 13.4. The van der Waals surface area contributed by atoms with Crippen LogP contribution in [0.3, 0.4) is 0 Å². The SMILES string of the molecule is c1ccc(-c2nc(-c3ccccc3)nc(-c3ccc4c(c3)C3(c5ccccc5-c5ccccc53)c3cccc(-c5cccc6c5C5CC7CC(CC(C7)c7ccccc7-6)C5)c3-4)n2)cc1. The minimum Gasteiger partial charge on any atom is -0.208 e. The average molecular weight is 820 g/mol. The molecule has 3 nitrogen and oxygen atoms in total. The normalized spacial score (nSPS) is 20.0. The summed E-state index contributed by atoms with van der Waals surface area (Å²) in [4.78, 5) is 15.6. The van der Waals surface area contributed by atoms with E-state index in [0.29, 0.717) is 29.3 Å². The molecule has 1 spiro atoms. The molecule has 0 radical (unpaired) electrons. The Morgan fingerprint density at radius 1 is 0.328 bits per heavy atom. The highest BCUT2D eigenvalue weighted by Gasteiger charge is 2.52. The first-order valence-corrected chi connectivity index (χ1v) is 23.3. The van der Waals surface area contributed by atoms with Crippen molar-refractivity contribution < 1.29 is 0 Å². The molecule has 2 unspecified atom stereocenters. The Labute approximate surface area is 374 Å². The molecule has 6 aliphatic rings. The van der Waals surface area contributed by atoms with E-state index in [0.717, 1.165) is 28.5 Å². The van der Waals surface area contributed by atoms with Crippen molar-refractivity contribution >= 4 is 0 Å². The minimum absolute atomic E-state index is 0.532. The van der Waals surface area contributed by atoms with Crippen molar-refractivity contribution in [3.8, 4) is 78.7 Å². The van der Waals surface area contributed by atoms with E-state index in [2.05, 4.69) is 152 Å². The zero-order chi connectivity index (χ0) is 41.9. The van der Waals surface area contributed by atoms with Gasteiger partial charge in [0.2, 0.25) is 0 Å². The Morgan fingerprint density at radius 2 is 0.812 bits per heavy atom. The van der Waals surface area contributed by atoms with Crippen LogP contribution in [0.15, 0.2) is 188 Å². The predicted molar refractivity (Wildman–Crippen MR) is 259 cm³/mol. The standard InChI is InChI=1S/C61H45N3/c1-3-15-39(16-4-1)58-62-59(40-17-5-2-6-18-40)64-60(63-58)41-29-30-51-55(36-41)61(52-26-11-9-21-46(52)47-22-10-12-27-53(47)61)54-28-14-25-50(57(51)54)49-24-13-23-48-45-20-8-7-19-44(45)42-32-37-31-38(33-42)35-43(34-37)56(48)49/h1-30,36-38,42-43H,31-35H2. The van der Waals surface area contributed by atoms with E-state index < -0.39 is 5.41 Å². The first-order chi connectivity index (χ1) is 31.7. The smallest absolute Gasteiger partial charge is 0.164 e. The summed E-state index contributed by atoms with van der Waals surface area (Å²) in [6.45, 7) is 0. The molecule has 0 saturated heterocycles. The van der Waals surface area contributed by atoms with E-state index in [9.17, 15) is 0 Å². The molecule has 15 rings (SSSR count). The van der Waals surface area contributed by atoms with E-state index in [1.807, 2.05) is 36.4 Å². The summed E-state index contributed by atoms with van der Waals surface area (Å²) in [6.07, 6.45) is 6.61. The van der Waals surface area contributed by atoms with Gasteiger partial charge in [-0.15, -0.1) is 0 Å². The molecule has 64 heavy (non-hydrogen) atoms. The van der Waals surface area contributed by atoms with Crippen LogP contribution in [-0.4, -0.2) is 15.0 Å². The second-order valence-electron chi connectivity index (χ2n) is 19.0. The lowest BCUT2D eigenvalue weighted by molar-refractivity contribution is 0.153. The van der Waals surface area contributed by atoms with Crippen LogP contribution in [0.4, 0.5) is 0 Å². The van der Waals surface area contributed by atoms with Crippen LogP contribution < -0.4 is 0 Å². The maximum Gasteiger partial charge on any atom is 0.164 e. The summed E-state index contributed by atoms with van der Waals surface area (Å²) in [5.74, 6) is 4.76. The van der Waals surface area contributed by atoms with Gasteiger partial charge in [-0.25, -0.2) is 15.0 Å². The molecule has 4 bridgehead atoms. The van der Waals surface area contributed by atoms with Crippen LogP contribution in [0, 0.1) is 11.8 Å². The number of rotatable bonds is 4. The third kappa shape index (κ3) is 5.18. The largest absolute Gasteiger partial charge is 0.208 e. The molecule has 2 atom stereocenters. The quantitative estimate of drug-likeness (QED) is 0.178. The average Bonchev–Trinajstić information content (AvgIpc) is 3.85. The molecule has 2 saturated carbocycles. The molecule has 1 heterocycles. The first-order valence-electron chi connectivity index (χ1n) is 23.3. The second-order valence-corrected chi connectivity index (χ2v) is 19.0. The number of hydrogen-bond donors (Lipinski definition) is 0. The van der Waals surface area contributed by atoms with E-state index in [4.69, 9.17) is 15.0 Å². The first kappa shape index (κ1) is 36.3. The molecular weight excluding hydrogens is 775 g/mol. The Hall–Kier alpha value is -7.23. The third-order valence-electron chi connectivity index (χ3n) is 15.7. The molecule has 0 aliphatic heterocycles. The summed E-state index contributed by atoms with van der Waals surface area (Å²) in [6, 6.07) is 69.8. The van der Waals surface area contributed by atoms with Crippen LogP contribution in [-0.2, 0) is 5.41 Å². The zero-order valence-corrected chi connectivity index (χ0v) is 35.6. The van der Waals surface area contributed by atoms with Crippen molar-refractivity contribution in [2.75, 3.05) is 0 Å². The maximum atomic E-state index is 5.25. The van der Waals surface area contributed by atoms with Gasteiger partial charge >= 0.3 is 0 Å². The maximum absolute atomic E-state index is 5.25. The van der Waals surface area contributed by atoms with Crippen molar-refractivity contribution in [1.29, 1.82) is 0 Å². The number of nitrogens with zero attached hydrogens (tertiary/aromatic N) is 3. The van der Waals surface area contributed by atoms with Crippen molar-refractivity contribution in [2.24, 2.45) is 11.8 Å².